The van der Waals surface area contributed by atoms with Gasteiger partial charge in [0.05, 0.1) is 96.9 Å². The fourth-order valence-corrected chi connectivity index (χ4v) is 4.92. The highest BCUT2D eigenvalue weighted by molar-refractivity contribution is 6.30. The van der Waals surface area contributed by atoms with Crippen molar-refractivity contribution in [1.82, 2.24) is 10.5 Å². The number of halogens is 5. The number of ether oxygens (including phenoxy) is 6. The number of aliphatic imine (C=N–C) groups is 1. The summed E-state index contributed by atoms with van der Waals surface area (Å²) in [6, 6.07) is 3.49. The predicted molar refractivity (Wildman–Crippen MR) is 207 cm³/mol. The van der Waals surface area contributed by atoms with Gasteiger partial charge in [-0.15, -0.1) is 0 Å². The van der Waals surface area contributed by atoms with Crippen molar-refractivity contribution in [3.63, 3.8) is 0 Å². The van der Waals surface area contributed by atoms with E-state index in [4.69, 9.17) is 45.0 Å². The van der Waals surface area contributed by atoms with Gasteiger partial charge in [-0.3, -0.25) is 20.2 Å². The summed E-state index contributed by atoms with van der Waals surface area (Å²) < 4.78 is 97.0. The smallest absolute Gasteiger partial charge is 0.319 e. The third-order valence-corrected chi connectivity index (χ3v) is 8.20. The second kappa shape index (κ2) is 30.3. The number of anilines is 1. The second-order valence-corrected chi connectivity index (χ2v) is 13.0. The molecule has 0 spiro atoms. The molecule has 3 rings (SSSR count). The van der Waals surface area contributed by atoms with Gasteiger partial charge >= 0.3 is 12.0 Å². The topological polar surface area (TPSA) is 289 Å². The zero-order valence-corrected chi connectivity index (χ0v) is 33.5. The highest BCUT2D eigenvalue weighted by Gasteiger charge is 2.29. The molecule has 0 saturated carbocycles. The summed E-state index contributed by atoms with van der Waals surface area (Å²) in [5.74, 6) is -9.44. The molecule has 10 N–H and O–H groups in total. The number of urea groups is 1. The number of hydroxylamine groups is 2. The third-order valence-electron chi connectivity index (χ3n) is 8.20. The number of hydrogen-bond donors (Lipinski definition) is 9. The summed E-state index contributed by atoms with van der Waals surface area (Å²) in [5.41, 5.74) is 0.923. The molecule has 0 radical (unpaired) electrons. The van der Waals surface area contributed by atoms with E-state index < -0.39 is 65.5 Å². The first-order valence-corrected chi connectivity index (χ1v) is 19.1. The lowest BCUT2D eigenvalue weighted by Gasteiger charge is -2.30. The van der Waals surface area contributed by atoms with Gasteiger partial charge in [-0.2, -0.15) is 13.9 Å². The molecule has 2 aromatic rings. The maximum absolute atomic E-state index is 13.5. The van der Waals surface area contributed by atoms with Gasteiger partial charge < -0.3 is 65.3 Å². The van der Waals surface area contributed by atoms with Crippen LogP contribution in [-0.4, -0.2) is 157 Å². The lowest BCUT2D eigenvalue weighted by Crippen LogP contribution is -2.42. The van der Waals surface area contributed by atoms with Crippen LogP contribution in [0.4, 0.5) is 32.4 Å². The minimum Gasteiger partial charge on any atom is -0.504 e. The van der Waals surface area contributed by atoms with Crippen molar-refractivity contribution in [3.05, 3.63) is 47.3 Å². The molecule has 3 atom stereocenters. The normalized spacial score (nSPS) is 16.6. The van der Waals surface area contributed by atoms with Crippen LogP contribution >= 0.6 is 0 Å². The van der Waals surface area contributed by atoms with Crippen molar-refractivity contribution in [2.24, 2.45) is 15.9 Å². The molecule has 25 heteroatoms. The Hall–Kier alpha value is -4.83. The van der Waals surface area contributed by atoms with Crippen LogP contribution in [0.5, 0.6) is 17.2 Å². The molecule has 0 bridgehead atoms. The molecule has 350 valence electrons. The number of nitrogens with one attached hydrogen (secondary N) is 2. The number of benzene rings is 2. The van der Waals surface area contributed by atoms with E-state index in [2.05, 4.69) is 25.5 Å². The van der Waals surface area contributed by atoms with Crippen molar-refractivity contribution in [1.29, 1.82) is 0 Å². The number of hydrogen-bond acceptors (Lipinski definition) is 18. The van der Waals surface area contributed by atoms with Gasteiger partial charge in [0, 0.05) is 30.9 Å². The quantitative estimate of drug-likeness (QED) is 0.00560. The van der Waals surface area contributed by atoms with E-state index in [9.17, 15) is 46.9 Å². The Balaban J connectivity index is 0.000000863. The number of nitrogens with zero attached hydrogens (tertiary/aromatic N) is 3. The van der Waals surface area contributed by atoms with Crippen LogP contribution in [0.15, 0.2) is 28.3 Å². The van der Waals surface area contributed by atoms with Gasteiger partial charge in [-0.05, 0) is 37.8 Å². The first-order valence-electron chi connectivity index (χ1n) is 19.1. The summed E-state index contributed by atoms with van der Waals surface area (Å²) in [6.45, 7) is 2.40. The fourth-order valence-electron chi connectivity index (χ4n) is 4.92. The molecule has 0 aromatic heterocycles. The first-order chi connectivity index (χ1) is 29.6. The van der Waals surface area contributed by atoms with Gasteiger partial charge in [-0.25, -0.2) is 18.0 Å². The standard InChI is InChI=1S/C30H38F5N5O9.C7H15NO5/c31-24-25(32)27(34)29(28(35)26(24)33)49-23(43)6-9-45-11-13-47-15-16-48-14-12-46-10-8-37-18-20(40-36)3-1-2-7-38-30(44)39-19-4-5-21(41)22(42)17-19;9-6-3-5(1-2-8(11)12)13-4-7(6)10/h4-5,17-18,41-42H,1-3,6-16,36H2,(H2,38,39,44);5-7,9-12H,1-4H2/b37-18?,40-20-;. The van der Waals surface area contributed by atoms with E-state index in [1.54, 1.807) is 6.21 Å². The molecule has 3 unspecified atom stereocenters. The van der Waals surface area contributed by atoms with Gasteiger partial charge in [0.25, 0.3) is 0 Å². The number of hydrazone groups is 1. The maximum atomic E-state index is 13.5. The number of nitrogens with two attached hydrogens (primary N) is 1. The van der Waals surface area contributed by atoms with Crippen LogP contribution in [0.25, 0.3) is 0 Å². The average Bonchev–Trinajstić information content (AvgIpc) is 3.24. The van der Waals surface area contributed by atoms with Crippen molar-refractivity contribution >= 4 is 29.6 Å². The number of unbranched alkanes of at least 4 members (excludes halogenated alkanes) is 1. The van der Waals surface area contributed by atoms with Gasteiger partial charge in [0.2, 0.25) is 34.8 Å². The number of esters is 1. The summed E-state index contributed by atoms with van der Waals surface area (Å²) in [6.07, 6.45) is 1.89. The SMILES string of the molecule is N/N=C(\C=NCCOCCOCCOCCOCCC(=O)Oc1c(F)c(F)c(F)c(F)c1F)CCCCNC(=O)Nc1ccc(O)c(O)c1.OC1COC(CCN(O)O)CC1O. The Labute approximate surface area is 352 Å². The Bertz CT molecular complexity index is 1690. The molecule has 1 saturated heterocycles. The lowest BCUT2D eigenvalue weighted by molar-refractivity contribution is -0.309. The van der Waals surface area contributed by atoms with Crippen LogP contribution in [0, 0.1) is 29.1 Å². The Morgan fingerprint density at radius 3 is 2.00 bits per heavy atom. The zero-order valence-electron chi connectivity index (χ0n) is 33.5. The van der Waals surface area contributed by atoms with Gasteiger partial charge in [0.1, 0.15) is 6.10 Å². The fraction of sp³-hybridized carbons (Fsp3) is 0.568. The highest BCUT2D eigenvalue weighted by atomic mass is 19.2. The molecular formula is C37H53F5N6O14. The Morgan fingerprint density at radius 1 is 0.823 bits per heavy atom. The third kappa shape index (κ3) is 21.3. The number of carbonyl (C=O) groups excluding carboxylic acids is 2. The Kier molecular flexibility index (Phi) is 26.0. The molecule has 20 nitrogen and oxygen atoms in total. The summed E-state index contributed by atoms with van der Waals surface area (Å²) in [4.78, 5) is 27.8. The predicted octanol–water partition coefficient (Wildman–Crippen LogP) is 2.50. The van der Waals surface area contributed by atoms with Crippen molar-refractivity contribution in [2.75, 3.05) is 84.4 Å². The highest BCUT2D eigenvalue weighted by Crippen LogP contribution is 2.29. The Morgan fingerprint density at radius 2 is 1.42 bits per heavy atom. The minimum absolute atomic E-state index is 0.0578. The number of rotatable bonds is 26. The molecule has 1 fully saturated rings. The maximum Gasteiger partial charge on any atom is 0.319 e. The number of aromatic hydroxyl groups is 2. The van der Waals surface area contributed by atoms with Crippen LogP contribution in [0.2, 0.25) is 0 Å². The second-order valence-electron chi connectivity index (χ2n) is 13.0. The van der Waals surface area contributed by atoms with E-state index in [0.717, 1.165) is 0 Å². The number of phenols is 2. The van der Waals surface area contributed by atoms with Crippen molar-refractivity contribution in [2.45, 2.75) is 56.8 Å². The van der Waals surface area contributed by atoms with E-state index in [-0.39, 0.29) is 69.0 Å². The number of aliphatic hydroxyl groups is 2. The van der Waals surface area contributed by atoms with Crippen LogP contribution < -0.4 is 21.2 Å². The molecular weight excluding hydrogens is 847 g/mol. The number of carbonyl (C=O) groups is 2. The zero-order chi connectivity index (χ0) is 45.9. The van der Waals surface area contributed by atoms with Crippen LogP contribution in [0.1, 0.15) is 38.5 Å². The van der Waals surface area contributed by atoms with Crippen LogP contribution in [0.3, 0.4) is 0 Å². The molecule has 2 amide bonds. The molecule has 1 aliphatic heterocycles. The monoisotopic (exact) mass is 900 g/mol. The van der Waals surface area contributed by atoms with Gasteiger partial charge in [-0.1, -0.05) is 5.23 Å². The van der Waals surface area contributed by atoms with E-state index in [1.807, 2.05) is 0 Å². The summed E-state index contributed by atoms with van der Waals surface area (Å²) >= 11 is 0. The molecule has 62 heavy (non-hydrogen) atoms. The van der Waals surface area contributed by atoms with Crippen molar-refractivity contribution < 1.29 is 90.8 Å². The largest absolute Gasteiger partial charge is 0.504 e. The van der Waals surface area contributed by atoms with E-state index in [1.165, 1.54) is 18.2 Å². The lowest BCUT2D eigenvalue weighted by atomic mass is 10.0. The number of phenolic OH excluding ortho intramolecular Hbond substituents is 2. The molecule has 2 aromatic carbocycles. The summed E-state index contributed by atoms with van der Waals surface area (Å²) in [7, 11) is 0. The number of aliphatic hydroxyl groups excluding tert-OH is 2. The first kappa shape index (κ1) is 53.3. The summed E-state index contributed by atoms with van der Waals surface area (Å²) in [5, 5.41) is 63.0. The minimum atomic E-state index is -2.36. The molecule has 0 aliphatic carbocycles. The molecule has 1 heterocycles. The van der Waals surface area contributed by atoms with E-state index >= 15 is 0 Å². The van der Waals surface area contributed by atoms with Crippen LogP contribution in [-0.2, 0) is 28.5 Å². The number of amides is 2. The van der Waals surface area contributed by atoms with Gasteiger partial charge in [0.15, 0.2) is 11.5 Å². The van der Waals surface area contributed by atoms with Crippen molar-refractivity contribution in [3.8, 4) is 17.2 Å². The molecule has 1 aliphatic rings. The average molecular weight is 901 g/mol. The van der Waals surface area contributed by atoms with E-state index in [0.29, 0.717) is 76.4 Å².